The van der Waals surface area contributed by atoms with E-state index in [9.17, 15) is 4.79 Å². The van der Waals surface area contributed by atoms with Crippen molar-refractivity contribution in [2.45, 2.75) is 6.42 Å². The summed E-state index contributed by atoms with van der Waals surface area (Å²) in [6.45, 7) is 5.13. The van der Waals surface area contributed by atoms with E-state index in [2.05, 4.69) is 22.2 Å². The summed E-state index contributed by atoms with van der Waals surface area (Å²) in [4.78, 5) is 15.4. The summed E-state index contributed by atoms with van der Waals surface area (Å²) >= 11 is 0. The maximum atomic E-state index is 11.4. The van der Waals surface area contributed by atoms with Gasteiger partial charge in [-0.05, 0) is 12.1 Å². The monoisotopic (exact) mass is 432 g/mol. The number of halogens is 1. The van der Waals surface area contributed by atoms with Gasteiger partial charge in [-0.1, -0.05) is 6.08 Å². The van der Waals surface area contributed by atoms with Crippen molar-refractivity contribution in [1.29, 1.82) is 0 Å². The van der Waals surface area contributed by atoms with E-state index in [0.29, 0.717) is 31.3 Å². The summed E-state index contributed by atoms with van der Waals surface area (Å²) in [6, 6.07) is 5.42. The zero-order chi connectivity index (χ0) is 15.8. The third kappa shape index (κ3) is 6.35. The van der Waals surface area contributed by atoms with Gasteiger partial charge in [0, 0.05) is 24.7 Å². The van der Waals surface area contributed by atoms with E-state index in [1.807, 2.05) is 12.1 Å². The van der Waals surface area contributed by atoms with Crippen LogP contribution in [-0.2, 0) is 4.79 Å². The Balaban J connectivity index is 0.00000264. The Kier molecular flexibility index (Phi) is 8.23. The Morgan fingerprint density at radius 1 is 1.35 bits per heavy atom. The van der Waals surface area contributed by atoms with Crippen LogP contribution in [0.3, 0.4) is 0 Å². The first-order chi connectivity index (χ1) is 10.7. The Morgan fingerprint density at radius 2 is 2.09 bits per heavy atom. The van der Waals surface area contributed by atoms with Crippen LogP contribution in [0.2, 0.25) is 0 Å². The number of fused-ring (bicyclic) bond motifs is 1. The third-order valence-corrected chi connectivity index (χ3v) is 2.86. The average Bonchev–Trinajstić information content (AvgIpc) is 2.75. The fraction of sp³-hybridized carbons (Fsp3) is 0.333. The van der Waals surface area contributed by atoms with Crippen molar-refractivity contribution >= 4 is 41.5 Å². The lowest BCUT2D eigenvalue weighted by atomic mass is 10.3. The van der Waals surface area contributed by atoms with E-state index in [-0.39, 0.29) is 42.4 Å². The summed E-state index contributed by atoms with van der Waals surface area (Å²) in [5, 5.41) is 5.53. The van der Waals surface area contributed by atoms with Crippen LogP contribution in [0.15, 0.2) is 35.8 Å². The molecule has 0 aromatic heterocycles. The molecule has 0 saturated heterocycles. The van der Waals surface area contributed by atoms with Gasteiger partial charge in [-0.2, -0.15) is 0 Å². The summed E-state index contributed by atoms with van der Waals surface area (Å²) in [7, 11) is 0. The number of guanidine groups is 1. The van der Waals surface area contributed by atoms with Crippen molar-refractivity contribution in [3.63, 3.8) is 0 Å². The number of benzene rings is 1. The lowest BCUT2D eigenvalue weighted by Crippen LogP contribution is -2.29. The molecule has 0 saturated carbocycles. The number of ether oxygens (including phenoxy) is 2. The van der Waals surface area contributed by atoms with Gasteiger partial charge >= 0.3 is 0 Å². The van der Waals surface area contributed by atoms with Gasteiger partial charge in [-0.25, -0.2) is 4.99 Å². The molecule has 1 aliphatic rings. The largest absolute Gasteiger partial charge is 0.490 e. The van der Waals surface area contributed by atoms with Crippen molar-refractivity contribution in [1.82, 2.24) is 5.32 Å². The van der Waals surface area contributed by atoms with Crippen LogP contribution in [0.1, 0.15) is 6.42 Å². The standard InChI is InChI=1S/C15H20N4O3.HI/c1-2-6-17-14(20)10-18-15(16)19-11-4-5-12-13(9-11)22-8-3-7-21-12;/h2,4-5,9H,1,3,6-8,10H2,(H,17,20)(H3,16,18,19);1H. The topological polar surface area (TPSA) is 98.0 Å². The van der Waals surface area contributed by atoms with Gasteiger partial charge in [0.25, 0.3) is 0 Å². The lowest BCUT2D eigenvalue weighted by Gasteiger charge is -2.10. The highest BCUT2D eigenvalue weighted by atomic mass is 127. The van der Waals surface area contributed by atoms with Gasteiger partial charge in [0.2, 0.25) is 5.91 Å². The Hall–Kier alpha value is -1.97. The number of anilines is 1. The number of nitrogens with one attached hydrogen (secondary N) is 2. The first-order valence-corrected chi connectivity index (χ1v) is 7.03. The Morgan fingerprint density at radius 3 is 2.83 bits per heavy atom. The lowest BCUT2D eigenvalue weighted by molar-refractivity contribution is -0.119. The molecule has 4 N–H and O–H groups in total. The normalized spacial score (nSPS) is 13.3. The van der Waals surface area contributed by atoms with Crippen LogP contribution in [0.5, 0.6) is 11.5 Å². The van der Waals surface area contributed by atoms with Gasteiger partial charge in [0.05, 0.1) is 13.2 Å². The number of amides is 1. The van der Waals surface area contributed by atoms with Gasteiger partial charge in [-0.3, -0.25) is 4.79 Å². The first-order valence-electron chi connectivity index (χ1n) is 7.03. The van der Waals surface area contributed by atoms with Crippen molar-refractivity contribution < 1.29 is 14.3 Å². The number of hydrogen-bond donors (Lipinski definition) is 3. The van der Waals surface area contributed by atoms with Crippen LogP contribution in [0, 0.1) is 0 Å². The van der Waals surface area contributed by atoms with E-state index in [1.165, 1.54) is 0 Å². The molecular weight excluding hydrogens is 411 g/mol. The molecule has 2 rings (SSSR count). The molecule has 0 fully saturated rings. The van der Waals surface area contributed by atoms with Gasteiger partial charge in [0.1, 0.15) is 6.54 Å². The second-order valence-electron chi connectivity index (χ2n) is 4.63. The molecule has 1 amide bonds. The minimum atomic E-state index is -0.219. The molecule has 1 aromatic carbocycles. The number of carbonyl (C=O) groups excluding carboxylic acids is 1. The minimum absolute atomic E-state index is 0. The number of hydrogen-bond acceptors (Lipinski definition) is 4. The highest BCUT2D eigenvalue weighted by Crippen LogP contribution is 2.32. The molecule has 1 aromatic rings. The maximum absolute atomic E-state index is 11.4. The molecule has 0 atom stereocenters. The Labute approximate surface area is 152 Å². The first kappa shape index (κ1) is 19.1. The predicted molar refractivity (Wildman–Crippen MR) is 101 cm³/mol. The maximum Gasteiger partial charge on any atom is 0.242 e. The molecule has 0 unspecified atom stereocenters. The van der Waals surface area contributed by atoms with E-state index < -0.39 is 0 Å². The van der Waals surface area contributed by atoms with Crippen molar-refractivity contribution in [3.05, 3.63) is 30.9 Å². The highest BCUT2D eigenvalue weighted by molar-refractivity contribution is 14.0. The second kappa shape index (κ2) is 9.93. The summed E-state index contributed by atoms with van der Waals surface area (Å²) in [6.07, 6.45) is 2.45. The summed E-state index contributed by atoms with van der Waals surface area (Å²) < 4.78 is 11.1. The zero-order valence-electron chi connectivity index (χ0n) is 12.7. The van der Waals surface area contributed by atoms with E-state index in [0.717, 1.165) is 12.1 Å². The minimum Gasteiger partial charge on any atom is -0.490 e. The molecule has 8 heteroatoms. The number of rotatable bonds is 5. The predicted octanol–water partition coefficient (Wildman–Crippen LogP) is 1.49. The summed E-state index contributed by atoms with van der Waals surface area (Å²) in [5.74, 6) is 1.31. The number of aliphatic imine (C=N–C) groups is 1. The van der Waals surface area contributed by atoms with Crippen molar-refractivity contribution in [2.75, 3.05) is 31.6 Å². The van der Waals surface area contributed by atoms with E-state index >= 15 is 0 Å². The molecule has 126 valence electrons. The SMILES string of the molecule is C=CCNC(=O)CN=C(N)Nc1ccc2c(c1)OCCCO2.I. The smallest absolute Gasteiger partial charge is 0.242 e. The van der Waals surface area contributed by atoms with Crippen LogP contribution >= 0.6 is 24.0 Å². The van der Waals surface area contributed by atoms with Gasteiger partial charge in [0.15, 0.2) is 17.5 Å². The average molecular weight is 432 g/mol. The molecule has 1 aliphatic heterocycles. The highest BCUT2D eigenvalue weighted by Gasteiger charge is 2.10. The zero-order valence-corrected chi connectivity index (χ0v) is 15.0. The number of nitrogens with zero attached hydrogens (tertiary/aromatic N) is 1. The Bertz CT molecular complexity index is 578. The molecule has 23 heavy (non-hydrogen) atoms. The van der Waals surface area contributed by atoms with Crippen LogP contribution in [0.4, 0.5) is 5.69 Å². The summed E-state index contributed by atoms with van der Waals surface area (Å²) in [5.41, 5.74) is 6.48. The van der Waals surface area contributed by atoms with Crippen LogP contribution in [-0.4, -0.2) is 38.2 Å². The van der Waals surface area contributed by atoms with E-state index in [4.69, 9.17) is 15.2 Å². The van der Waals surface area contributed by atoms with Crippen LogP contribution in [0.25, 0.3) is 0 Å². The molecule has 0 bridgehead atoms. The quantitative estimate of drug-likeness (QED) is 0.284. The molecule has 1 heterocycles. The van der Waals surface area contributed by atoms with Gasteiger partial charge < -0.3 is 25.8 Å². The molecule has 0 aliphatic carbocycles. The van der Waals surface area contributed by atoms with Crippen molar-refractivity contribution in [2.24, 2.45) is 10.7 Å². The molecule has 0 radical (unpaired) electrons. The number of carbonyl (C=O) groups is 1. The fourth-order valence-electron chi connectivity index (χ4n) is 1.83. The number of nitrogens with two attached hydrogens (primary N) is 1. The molecule has 0 spiro atoms. The van der Waals surface area contributed by atoms with Crippen molar-refractivity contribution in [3.8, 4) is 11.5 Å². The van der Waals surface area contributed by atoms with Crippen LogP contribution < -0.4 is 25.8 Å². The second-order valence-corrected chi connectivity index (χ2v) is 4.63. The van der Waals surface area contributed by atoms with Gasteiger partial charge in [-0.15, -0.1) is 30.6 Å². The molecule has 7 nitrogen and oxygen atoms in total. The fourth-order valence-corrected chi connectivity index (χ4v) is 1.83. The third-order valence-electron chi connectivity index (χ3n) is 2.86. The van der Waals surface area contributed by atoms with E-state index in [1.54, 1.807) is 12.1 Å². The molecular formula is C15H21IN4O3.